The van der Waals surface area contributed by atoms with E-state index in [0.29, 0.717) is 11.4 Å². The molecule has 0 spiro atoms. The topological polar surface area (TPSA) is 89.5 Å². The third-order valence-electron chi connectivity index (χ3n) is 7.95. The quantitative estimate of drug-likeness (QED) is 0.143. The third-order valence-corrected chi connectivity index (χ3v) is 8.18. The van der Waals surface area contributed by atoms with Gasteiger partial charge in [0.15, 0.2) is 0 Å². The number of halogens is 5. The van der Waals surface area contributed by atoms with Gasteiger partial charge in [-0.15, -0.1) is 0 Å². The molecular formula is C32H30ClF4N3O4. The molecule has 0 aliphatic heterocycles. The number of aromatic nitrogens is 1. The molecule has 7 nitrogen and oxygen atoms in total. The number of ether oxygens (including phenoxy) is 2. The second kappa shape index (κ2) is 12.9. The molecule has 2 amide bonds. The lowest BCUT2D eigenvalue weighted by molar-refractivity contribution is -0.253. The molecule has 0 unspecified atom stereocenters. The van der Waals surface area contributed by atoms with Crippen LogP contribution in [0.1, 0.15) is 30.2 Å². The summed E-state index contributed by atoms with van der Waals surface area (Å²) in [7, 11) is 0. The van der Waals surface area contributed by atoms with Crippen molar-refractivity contribution < 1.29 is 36.6 Å². The highest BCUT2D eigenvalue weighted by Gasteiger charge is 2.50. The number of hydrogen-bond donors (Lipinski definition) is 2. The molecular weight excluding hydrogens is 602 g/mol. The maximum absolute atomic E-state index is 13.9. The second-order valence-electron chi connectivity index (χ2n) is 10.8. The van der Waals surface area contributed by atoms with E-state index in [1.165, 1.54) is 12.3 Å². The Morgan fingerprint density at radius 3 is 2.48 bits per heavy atom. The van der Waals surface area contributed by atoms with Gasteiger partial charge in [0.1, 0.15) is 11.3 Å². The van der Waals surface area contributed by atoms with Gasteiger partial charge in [0, 0.05) is 12.6 Å². The Labute approximate surface area is 256 Å². The van der Waals surface area contributed by atoms with Crippen LogP contribution in [0.15, 0.2) is 85.1 Å². The number of hydrogen-bond acceptors (Lipinski definition) is 5. The molecule has 2 aromatic carbocycles. The van der Waals surface area contributed by atoms with Gasteiger partial charge in [-0.05, 0) is 60.6 Å². The van der Waals surface area contributed by atoms with Crippen molar-refractivity contribution in [2.45, 2.75) is 43.9 Å². The van der Waals surface area contributed by atoms with Crippen LogP contribution in [0.25, 0.3) is 0 Å². The number of amides is 2. The van der Waals surface area contributed by atoms with Crippen LogP contribution in [0.3, 0.4) is 0 Å². The zero-order chi connectivity index (χ0) is 31.5. The van der Waals surface area contributed by atoms with Crippen LogP contribution in [-0.2, 0) is 21.5 Å². The van der Waals surface area contributed by atoms with Gasteiger partial charge >= 0.3 is 24.5 Å². The molecule has 2 bridgehead atoms. The number of esters is 1. The van der Waals surface area contributed by atoms with Crippen molar-refractivity contribution >= 4 is 23.6 Å². The van der Waals surface area contributed by atoms with E-state index in [9.17, 15) is 27.2 Å². The Morgan fingerprint density at radius 1 is 1.05 bits per heavy atom. The predicted molar refractivity (Wildman–Crippen MR) is 155 cm³/mol. The summed E-state index contributed by atoms with van der Waals surface area (Å²) in [5.41, 5.74) is -0.291. The second-order valence-corrected chi connectivity index (χ2v) is 11.2. The number of allylic oxidation sites excluding steroid dienone is 1. The molecule has 1 heterocycles. The molecule has 0 radical (unpaired) electrons. The number of fused-ring (bicyclic) bond motifs is 2. The van der Waals surface area contributed by atoms with Crippen molar-refractivity contribution in [3.8, 4) is 5.75 Å². The first kappa shape index (κ1) is 31.3. The summed E-state index contributed by atoms with van der Waals surface area (Å²) in [6.45, 7) is 1.91. The van der Waals surface area contributed by atoms with Gasteiger partial charge in [0.25, 0.3) is 0 Å². The maximum Gasteiger partial charge on any atom is 0.461 e. The number of pyridine rings is 1. The molecule has 232 valence electrons. The number of rotatable bonds is 11. The van der Waals surface area contributed by atoms with Gasteiger partial charge in [-0.3, -0.25) is 9.78 Å². The normalized spacial score (nSPS) is 22.0. The van der Waals surface area contributed by atoms with Crippen LogP contribution in [0, 0.1) is 17.8 Å². The largest absolute Gasteiger partial charge is 0.466 e. The molecule has 2 N–H and O–H groups in total. The minimum atomic E-state index is -4.75. The number of benzene rings is 2. The molecule has 3 aromatic rings. The molecule has 1 fully saturated rings. The molecule has 1 saturated carbocycles. The Morgan fingerprint density at radius 2 is 1.80 bits per heavy atom. The maximum atomic E-state index is 13.9. The van der Waals surface area contributed by atoms with Crippen LogP contribution < -0.4 is 15.4 Å². The summed E-state index contributed by atoms with van der Waals surface area (Å²) < 4.78 is 63.5. The van der Waals surface area contributed by atoms with Crippen LogP contribution in [0.5, 0.6) is 5.75 Å². The van der Waals surface area contributed by atoms with E-state index in [1.807, 2.05) is 30.4 Å². The van der Waals surface area contributed by atoms with E-state index in [1.54, 1.807) is 37.3 Å². The van der Waals surface area contributed by atoms with E-state index in [2.05, 4.69) is 20.4 Å². The molecule has 2 aliphatic carbocycles. The molecule has 0 saturated heterocycles. The van der Waals surface area contributed by atoms with Gasteiger partial charge in [0.2, 0.25) is 0 Å². The molecule has 5 rings (SSSR count). The first-order valence-corrected chi connectivity index (χ1v) is 14.5. The highest BCUT2D eigenvalue weighted by molar-refractivity contribution is 6.30. The Kier molecular flexibility index (Phi) is 9.15. The molecule has 12 heteroatoms. The minimum absolute atomic E-state index is 0.0719. The van der Waals surface area contributed by atoms with E-state index >= 15 is 0 Å². The van der Waals surface area contributed by atoms with Gasteiger partial charge < -0.3 is 20.1 Å². The average Bonchev–Trinajstić information content (AvgIpc) is 3.60. The first-order valence-electron chi connectivity index (χ1n) is 14.1. The summed E-state index contributed by atoms with van der Waals surface area (Å²) in [5.74, 6) is -1.70. The zero-order valence-corrected chi connectivity index (χ0v) is 24.3. The number of carbonyl (C=O) groups is 2. The lowest BCUT2D eigenvalue weighted by Gasteiger charge is -2.37. The fraction of sp³-hybridized carbons (Fsp3) is 0.344. The fourth-order valence-corrected chi connectivity index (χ4v) is 6.15. The summed E-state index contributed by atoms with van der Waals surface area (Å²) in [6, 6.07) is 16.1. The van der Waals surface area contributed by atoms with Crippen molar-refractivity contribution in [1.29, 1.82) is 0 Å². The van der Waals surface area contributed by atoms with Crippen LogP contribution in [0.4, 0.5) is 22.4 Å². The smallest absolute Gasteiger partial charge is 0.461 e. The van der Waals surface area contributed by atoms with Crippen molar-refractivity contribution in [1.82, 2.24) is 15.6 Å². The van der Waals surface area contributed by atoms with Crippen molar-refractivity contribution in [2.75, 3.05) is 6.61 Å². The van der Waals surface area contributed by atoms with Gasteiger partial charge in [-0.25, -0.2) is 4.79 Å². The summed E-state index contributed by atoms with van der Waals surface area (Å²) in [5, 5.41) is 6.26. The highest BCUT2D eigenvalue weighted by Crippen LogP contribution is 2.44. The van der Waals surface area contributed by atoms with Crippen LogP contribution in [0.2, 0.25) is 5.02 Å². The Hall–Kier alpha value is -4.12. The Balaban J connectivity index is 1.57. The van der Waals surface area contributed by atoms with Crippen molar-refractivity contribution in [3.63, 3.8) is 0 Å². The number of alkyl halides is 4. The average molecular weight is 632 g/mol. The van der Waals surface area contributed by atoms with Gasteiger partial charge in [-0.2, -0.15) is 17.6 Å². The first-order chi connectivity index (χ1) is 21.0. The van der Waals surface area contributed by atoms with E-state index in [0.717, 1.165) is 17.7 Å². The lowest BCUT2D eigenvalue weighted by Crippen LogP contribution is -2.56. The monoisotopic (exact) mass is 631 g/mol. The third kappa shape index (κ3) is 6.52. The fourth-order valence-electron chi connectivity index (χ4n) is 6.04. The number of nitrogens with zero attached hydrogens (tertiary/aromatic N) is 1. The number of carbonyl (C=O) groups excluding carboxylic acids is 2. The number of urea groups is 1. The summed E-state index contributed by atoms with van der Waals surface area (Å²) in [6.07, 6.45) is -2.76. The summed E-state index contributed by atoms with van der Waals surface area (Å²) in [4.78, 5) is 31.2. The van der Waals surface area contributed by atoms with Crippen molar-refractivity contribution in [3.05, 3.63) is 107 Å². The van der Waals surface area contributed by atoms with Crippen LogP contribution in [-0.4, -0.2) is 42.2 Å². The molecule has 2 aliphatic rings. The zero-order valence-electron chi connectivity index (χ0n) is 23.6. The molecule has 1 aromatic heterocycles. The van der Waals surface area contributed by atoms with E-state index < -0.39 is 47.8 Å². The molecule has 5 atom stereocenters. The SMILES string of the molecule is CCOC(=O)[C@H]1[C@@H](NC(=O)N[C@@](Cc2ccccc2)(c2cccc(OC(F)(F)C(F)F)c2)c2ccc(Cl)cn2)[C@H]2C=C[C@@H]1C2. The Bertz CT molecular complexity index is 1510. The van der Waals surface area contributed by atoms with E-state index in [-0.39, 0.29) is 36.1 Å². The van der Waals surface area contributed by atoms with Gasteiger partial charge in [-0.1, -0.05) is 66.2 Å². The lowest BCUT2D eigenvalue weighted by atomic mass is 9.80. The van der Waals surface area contributed by atoms with Crippen molar-refractivity contribution in [2.24, 2.45) is 17.8 Å². The van der Waals surface area contributed by atoms with E-state index in [4.69, 9.17) is 16.3 Å². The summed E-state index contributed by atoms with van der Waals surface area (Å²) >= 11 is 6.14. The van der Waals surface area contributed by atoms with Crippen LogP contribution >= 0.6 is 11.6 Å². The standard InChI is InChI=1S/C32H30ClF4N3O4/c1-2-43-28(41)26-20-11-12-21(15-20)27(26)39-30(42)40-31(17-19-7-4-3-5-8-19,25-14-13-23(33)18-38-25)22-9-6-10-24(16-22)44-32(36,37)29(34)35/h3-14,16,18,20-21,26-27,29H,2,15,17H2,1H3,(H2,39,40,42)/t20-,21+,26-,27+,31+/m1/s1. The predicted octanol–water partition coefficient (Wildman–Crippen LogP) is 6.51. The minimum Gasteiger partial charge on any atom is -0.466 e. The highest BCUT2D eigenvalue weighted by atomic mass is 35.5. The molecule has 44 heavy (non-hydrogen) atoms. The number of nitrogens with one attached hydrogen (secondary N) is 2. The van der Waals surface area contributed by atoms with Gasteiger partial charge in [0.05, 0.1) is 29.3 Å².